The third-order valence-corrected chi connectivity index (χ3v) is 4.74. The van der Waals surface area contributed by atoms with Gasteiger partial charge in [0.25, 0.3) is 0 Å². The molecular formula is C12H12N2O2S3. The second-order valence-corrected chi connectivity index (χ2v) is 6.88. The van der Waals surface area contributed by atoms with Gasteiger partial charge in [-0.15, -0.1) is 5.10 Å². The maximum absolute atomic E-state index is 11.4. The third kappa shape index (κ3) is 3.43. The summed E-state index contributed by atoms with van der Waals surface area (Å²) in [7, 11) is 1.38. The van der Waals surface area contributed by atoms with E-state index in [1.54, 1.807) is 11.6 Å². The highest BCUT2D eigenvalue weighted by molar-refractivity contribution is 8.02. The van der Waals surface area contributed by atoms with Crippen LogP contribution >= 0.6 is 35.3 Å². The maximum atomic E-state index is 11.4. The van der Waals surface area contributed by atoms with E-state index < -0.39 is 0 Å². The van der Waals surface area contributed by atoms with Crippen molar-refractivity contribution >= 4 is 41.3 Å². The molecule has 0 unspecified atom stereocenters. The smallest absolute Gasteiger partial charge is 0.318 e. The number of nitrogens with zero attached hydrogens (tertiary/aromatic N) is 2. The molecule has 1 atom stereocenters. The van der Waals surface area contributed by atoms with Crippen molar-refractivity contribution < 1.29 is 9.53 Å². The van der Waals surface area contributed by atoms with E-state index in [2.05, 4.69) is 5.10 Å². The summed E-state index contributed by atoms with van der Waals surface area (Å²) in [4.78, 5) is 11.4. The van der Waals surface area contributed by atoms with Gasteiger partial charge in [-0.1, -0.05) is 41.3 Å². The minimum Gasteiger partial charge on any atom is -0.468 e. The summed E-state index contributed by atoms with van der Waals surface area (Å²) in [5, 5.41) is 4.13. The van der Waals surface area contributed by atoms with Crippen molar-refractivity contribution in [2.24, 2.45) is 0 Å². The van der Waals surface area contributed by atoms with Crippen molar-refractivity contribution in [3.05, 3.63) is 34.3 Å². The number of esters is 1. The van der Waals surface area contributed by atoms with Gasteiger partial charge in [0.05, 0.1) is 12.8 Å². The number of para-hydroxylation sites is 1. The molecule has 0 aliphatic carbocycles. The molecule has 100 valence electrons. The standard InChI is InChI=1S/C12H12N2O2S3/c1-8(10(15)16-2)18-11-13-14(12(17)19-11)9-6-4-3-5-7-9/h3-8H,1-2H3/t8-/m1/s1. The number of aromatic nitrogens is 2. The number of benzene rings is 1. The third-order valence-electron chi connectivity index (χ3n) is 2.34. The molecule has 0 N–H and O–H groups in total. The minimum absolute atomic E-state index is 0.266. The molecule has 1 aromatic heterocycles. The van der Waals surface area contributed by atoms with E-state index in [-0.39, 0.29) is 11.2 Å². The second kappa shape index (κ2) is 6.31. The molecule has 0 fully saturated rings. The van der Waals surface area contributed by atoms with Crippen LogP contribution in [-0.2, 0) is 9.53 Å². The zero-order valence-electron chi connectivity index (χ0n) is 10.4. The molecule has 1 aromatic carbocycles. The lowest BCUT2D eigenvalue weighted by molar-refractivity contribution is -0.139. The summed E-state index contributed by atoms with van der Waals surface area (Å²) in [6, 6.07) is 9.68. The van der Waals surface area contributed by atoms with Crippen LogP contribution in [0, 0.1) is 3.95 Å². The Morgan fingerprint density at radius 3 is 2.79 bits per heavy atom. The molecule has 0 aliphatic rings. The Hall–Kier alpha value is -1.18. The van der Waals surface area contributed by atoms with E-state index in [1.165, 1.54) is 30.2 Å². The van der Waals surface area contributed by atoms with Gasteiger partial charge in [-0.3, -0.25) is 4.79 Å². The van der Waals surface area contributed by atoms with Crippen LogP contribution < -0.4 is 0 Å². The Kier molecular flexibility index (Phi) is 4.73. The lowest BCUT2D eigenvalue weighted by Gasteiger charge is -2.05. The van der Waals surface area contributed by atoms with E-state index >= 15 is 0 Å². The second-order valence-electron chi connectivity index (χ2n) is 3.66. The number of hydrogen-bond acceptors (Lipinski definition) is 6. The number of carbonyl (C=O) groups excluding carboxylic acids is 1. The zero-order valence-corrected chi connectivity index (χ0v) is 12.8. The van der Waals surface area contributed by atoms with Gasteiger partial charge in [-0.05, 0) is 31.3 Å². The Morgan fingerprint density at radius 2 is 2.16 bits per heavy atom. The van der Waals surface area contributed by atoms with Crippen LogP contribution in [0.4, 0.5) is 0 Å². The average Bonchev–Trinajstić information content (AvgIpc) is 2.79. The Balaban J connectivity index is 2.23. The zero-order chi connectivity index (χ0) is 13.8. The number of hydrogen-bond donors (Lipinski definition) is 0. The molecule has 0 saturated heterocycles. The van der Waals surface area contributed by atoms with Crippen molar-refractivity contribution in [1.29, 1.82) is 0 Å². The molecule has 2 aromatic rings. The maximum Gasteiger partial charge on any atom is 0.318 e. The van der Waals surface area contributed by atoms with Crippen molar-refractivity contribution in [2.45, 2.75) is 16.5 Å². The fourth-order valence-corrected chi connectivity index (χ4v) is 3.94. The van der Waals surface area contributed by atoms with Gasteiger partial charge in [0.15, 0.2) is 8.29 Å². The van der Waals surface area contributed by atoms with Crippen LogP contribution in [0.25, 0.3) is 5.69 Å². The molecule has 0 bridgehead atoms. The Labute approximate surface area is 124 Å². The predicted octanol–water partition coefficient (Wildman–Crippen LogP) is 3.32. The topological polar surface area (TPSA) is 44.1 Å². The van der Waals surface area contributed by atoms with Crippen molar-refractivity contribution in [3.63, 3.8) is 0 Å². The summed E-state index contributed by atoms with van der Waals surface area (Å²) < 4.78 is 7.81. The number of ether oxygens (including phenoxy) is 1. The van der Waals surface area contributed by atoms with Crippen molar-refractivity contribution in [3.8, 4) is 5.69 Å². The van der Waals surface area contributed by atoms with Gasteiger partial charge in [-0.25, -0.2) is 4.68 Å². The fraction of sp³-hybridized carbons (Fsp3) is 0.250. The molecule has 4 nitrogen and oxygen atoms in total. The van der Waals surface area contributed by atoms with Gasteiger partial charge in [0.2, 0.25) is 0 Å². The van der Waals surface area contributed by atoms with Crippen LogP contribution in [0.5, 0.6) is 0 Å². The largest absolute Gasteiger partial charge is 0.468 e. The normalized spacial score (nSPS) is 12.1. The Morgan fingerprint density at radius 1 is 1.47 bits per heavy atom. The molecule has 19 heavy (non-hydrogen) atoms. The minimum atomic E-state index is -0.297. The number of carbonyl (C=O) groups is 1. The first kappa shape index (κ1) is 14.2. The summed E-state index contributed by atoms with van der Waals surface area (Å²) in [5.74, 6) is -0.266. The van der Waals surface area contributed by atoms with Gasteiger partial charge >= 0.3 is 5.97 Å². The summed E-state index contributed by atoms with van der Waals surface area (Å²) in [6.07, 6.45) is 0. The summed E-state index contributed by atoms with van der Waals surface area (Å²) in [5.41, 5.74) is 0.918. The fourth-order valence-electron chi connectivity index (χ4n) is 1.41. The highest BCUT2D eigenvalue weighted by Gasteiger charge is 2.17. The SMILES string of the molecule is COC(=O)[C@@H](C)Sc1nn(-c2ccccc2)c(=S)s1. The van der Waals surface area contributed by atoms with E-state index in [0.29, 0.717) is 3.95 Å². The van der Waals surface area contributed by atoms with E-state index in [1.807, 2.05) is 30.3 Å². The lowest BCUT2D eigenvalue weighted by Crippen LogP contribution is -2.14. The first-order chi connectivity index (χ1) is 9.11. The van der Waals surface area contributed by atoms with Crippen LogP contribution in [0.15, 0.2) is 34.7 Å². The molecular weight excluding hydrogens is 300 g/mol. The molecule has 0 saturated carbocycles. The highest BCUT2D eigenvalue weighted by Crippen LogP contribution is 2.28. The number of thioether (sulfide) groups is 1. The molecule has 0 spiro atoms. The van der Waals surface area contributed by atoms with Crippen LogP contribution in [0.1, 0.15) is 6.92 Å². The number of methoxy groups -OCH3 is 1. The lowest BCUT2D eigenvalue weighted by atomic mass is 10.3. The Bertz CT molecular complexity index is 621. The molecule has 1 heterocycles. The average molecular weight is 312 g/mol. The first-order valence-corrected chi connectivity index (χ1v) is 7.62. The quantitative estimate of drug-likeness (QED) is 0.492. The predicted molar refractivity (Wildman–Crippen MR) is 79.6 cm³/mol. The van der Waals surface area contributed by atoms with E-state index in [4.69, 9.17) is 17.0 Å². The first-order valence-electron chi connectivity index (χ1n) is 5.52. The molecule has 0 amide bonds. The van der Waals surface area contributed by atoms with Crippen molar-refractivity contribution in [1.82, 2.24) is 9.78 Å². The molecule has 7 heteroatoms. The monoisotopic (exact) mass is 312 g/mol. The highest BCUT2D eigenvalue weighted by atomic mass is 32.2. The van der Waals surface area contributed by atoms with Gasteiger partial charge in [0, 0.05) is 0 Å². The van der Waals surface area contributed by atoms with E-state index in [0.717, 1.165) is 10.0 Å². The molecule has 2 rings (SSSR count). The summed E-state index contributed by atoms with van der Waals surface area (Å²) in [6.45, 7) is 1.79. The summed E-state index contributed by atoms with van der Waals surface area (Å²) >= 11 is 8.03. The van der Waals surface area contributed by atoms with Gasteiger partial charge in [-0.2, -0.15) is 0 Å². The van der Waals surface area contributed by atoms with Crippen LogP contribution in [0.3, 0.4) is 0 Å². The van der Waals surface area contributed by atoms with Gasteiger partial charge in [0.1, 0.15) is 5.25 Å². The number of rotatable bonds is 4. The van der Waals surface area contributed by atoms with Crippen molar-refractivity contribution in [2.75, 3.05) is 7.11 Å². The van der Waals surface area contributed by atoms with Gasteiger partial charge < -0.3 is 4.74 Å². The van der Waals surface area contributed by atoms with Crippen LogP contribution in [-0.4, -0.2) is 28.1 Å². The molecule has 0 radical (unpaired) electrons. The van der Waals surface area contributed by atoms with Crippen LogP contribution in [0.2, 0.25) is 0 Å². The molecule has 0 aliphatic heterocycles. The van der Waals surface area contributed by atoms with E-state index in [9.17, 15) is 4.79 Å².